The third-order valence-electron chi connectivity index (χ3n) is 3.09. The third kappa shape index (κ3) is 2.98. The molecule has 0 aromatic heterocycles. The van der Waals surface area contributed by atoms with Gasteiger partial charge in [0.2, 0.25) is 0 Å². The van der Waals surface area contributed by atoms with E-state index in [1.807, 2.05) is 25.1 Å². The molecule has 4 heteroatoms. The van der Waals surface area contributed by atoms with Crippen molar-refractivity contribution in [2.24, 2.45) is 0 Å². The first kappa shape index (κ1) is 12.8. The van der Waals surface area contributed by atoms with Crippen LogP contribution < -0.4 is 0 Å². The first-order valence-corrected chi connectivity index (χ1v) is 6.89. The Morgan fingerprint density at radius 1 is 1.53 bits per heavy atom. The van der Waals surface area contributed by atoms with E-state index in [0.29, 0.717) is 6.54 Å². The zero-order valence-electron chi connectivity index (χ0n) is 9.82. The largest absolute Gasteiger partial charge is 0.391 e. The van der Waals surface area contributed by atoms with Gasteiger partial charge in [0.1, 0.15) is 0 Å². The van der Waals surface area contributed by atoms with Crippen molar-refractivity contribution in [1.29, 1.82) is 0 Å². The Morgan fingerprint density at radius 3 is 2.94 bits per heavy atom. The second-order valence-corrected chi connectivity index (χ2v) is 5.67. The molecule has 1 N–H and O–H groups in total. The van der Waals surface area contributed by atoms with Crippen molar-refractivity contribution in [3.05, 3.63) is 32.9 Å². The van der Waals surface area contributed by atoms with Crippen LogP contribution >= 0.6 is 22.6 Å². The van der Waals surface area contributed by atoms with E-state index in [2.05, 4.69) is 22.6 Å². The lowest BCUT2D eigenvalue weighted by Gasteiger charge is -2.30. The standard InChI is InChI=1S/C13H16INO2/c1-9-7-10(4-5-12(9)14)13(17)15-6-2-3-11(16)8-15/h4-5,7,11,16H,2-3,6,8H2,1H3. The summed E-state index contributed by atoms with van der Waals surface area (Å²) in [4.78, 5) is 14.0. The summed E-state index contributed by atoms with van der Waals surface area (Å²) in [6.07, 6.45) is 1.32. The van der Waals surface area contributed by atoms with Gasteiger partial charge in [-0.25, -0.2) is 0 Å². The molecule has 3 nitrogen and oxygen atoms in total. The second-order valence-electron chi connectivity index (χ2n) is 4.51. The number of carbonyl (C=O) groups excluding carboxylic acids is 1. The summed E-state index contributed by atoms with van der Waals surface area (Å²) in [7, 11) is 0. The first-order valence-electron chi connectivity index (χ1n) is 5.81. The van der Waals surface area contributed by atoms with Crippen molar-refractivity contribution >= 4 is 28.5 Å². The van der Waals surface area contributed by atoms with Crippen molar-refractivity contribution in [2.75, 3.05) is 13.1 Å². The maximum absolute atomic E-state index is 12.2. The predicted molar refractivity (Wildman–Crippen MR) is 75.0 cm³/mol. The maximum atomic E-state index is 12.2. The van der Waals surface area contributed by atoms with E-state index in [9.17, 15) is 9.90 Å². The summed E-state index contributed by atoms with van der Waals surface area (Å²) in [6.45, 7) is 3.22. The number of hydrogen-bond acceptors (Lipinski definition) is 2. The number of amides is 1. The van der Waals surface area contributed by atoms with Crippen LogP contribution in [0.2, 0.25) is 0 Å². The van der Waals surface area contributed by atoms with Gasteiger partial charge in [0.05, 0.1) is 6.10 Å². The molecule has 1 saturated heterocycles. The minimum atomic E-state index is -0.363. The SMILES string of the molecule is Cc1cc(C(=O)N2CCCC(O)C2)ccc1I. The Bertz CT molecular complexity index is 433. The highest BCUT2D eigenvalue weighted by atomic mass is 127. The first-order chi connectivity index (χ1) is 8.08. The van der Waals surface area contributed by atoms with Gasteiger partial charge < -0.3 is 10.0 Å². The second kappa shape index (κ2) is 5.35. The third-order valence-corrected chi connectivity index (χ3v) is 4.30. The van der Waals surface area contributed by atoms with Gasteiger partial charge in [0.25, 0.3) is 5.91 Å². The van der Waals surface area contributed by atoms with Gasteiger partial charge in [0, 0.05) is 22.2 Å². The highest BCUT2D eigenvalue weighted by Crippen LogP contribution is 2.17. The lowest BCUT2D eigenvalue weighted by Crippen LogP contribution is -2.42. The number of aryl methyl sites for hydroxylation is 1. The van der Waals surface area contributed by atoms with E-state index in [0.717, 1.165) is 34.1 Å². The molecule has 1 heterocycles. The predicted octanol–water partition coefficient (Wildman–Crippen LogP) is 2.20. The fourth-order valence-electron chi connectivity index (χ4n) is 2.10. The molecule has 1 amide bonds. The van der Waals surface area contributed by atoms with E-state index in [1.54, 1.807) is 4.90 Å². The zero-order chi connectivity index (χ0) is 12.4. The zero-order valence-corrected chi connectivity index (χ0v) is 12.0. The van der Waals surface area contributed by atoms with Crippen LogP contribution in [0.4, 0.5) is 0 Å². The Balaban J connectivity index is 2.15. The van der Waals surface area contributed by atoms with E-state index >= 15 is 0 Å². The number of halogens is 1. The van der Waals surface area contributed by atoms with E-state index < -0.39 is 0 Å². The molecule has 1 fully saturated rings. The summed E-state index contributed by atoms with van der Waals surface area (Å²) in [5.74, 6) is 0.0308. The summed E-state index contributed by atoms with van der Waals surface area (Å²) in [6, 6.07) is 5.74. The van der Waals surface area contributed by atoms with Crippen molar-refractivity contribution in [3.63, 3.8) is 0 Å². The topological polar surface area (TPSA) is 40.5 Å². The van der Waals surface area contributed by atoms with Crippen molar-refractivity contribution in [2.45, 2.75) is 25.9 Å². The summed E-state index contributed by atoms with van der Waals surface area (Å²) in [5, 5.41) is 9.58. The number of nitrogens with zero attached hydrogens (tertiary/aromatic N) is 1. The molecule has 17 heavy (non-hydrogen) atoms. The summed E-state index contributed by atoms with van der Waals surface area (Å²) >= 11 is 2.26. The normalized spacial score (nSPS) is 20.4. The number of aliphatic hydroxyl groups excluding tert-OH is 1. The fourth-order valence-corrected chi connectivity index (χ4v) is 2.43. The van der Waals surface area contributed by atoms with Crippen LogP contribution in [0, 0.1) is 10.5 Å². The highest BCUT2D eigenvalue weighted by Gasteiger charge is 2.23. The molecular formula is C13H16INO2. The van der Waals surface area contributed by atoms with Gasteiger partial charge >= 0.3 is 0 Å². The molecule has 1 aliphatic rings. The maximum Gasteiger partial charge on any atom is 0.253 e. The molecule has 0 bridgehead atoms. The number of hydrogen-bond donors (Lipinski definition) is 1. The molecule has 92 valence electrons. The molecule has 0 spiro atoms. The van der Waals surface area contributed by atoms with Crippen LogP contribution in [0.25, 0.3) is 0 Å². The van der Waals surface area contributed by atoms with E-state index in [-0.39, 0.29) is 12.0 Å². The molecule has 1 aliphatic heterocycles. The number of carbonyl (C=O) groups is 1. The summed E-state index contributed by atoms with van der Waals surface area (Å²) < 4.78 is 1.16. The van der Waals surface area contributed by atoms with Gasteiger partial charge in [-0.15, -0.1) is 0 Å². The van der Waals surface area contributed by atoms with E-state index in [4.69, 9.17) is 0 Å². The molecule has 1 atom stereocenters. The monoisotopic (exact) mass is 345 g/mol. The quantitative estimate of drug-likeness (QED) is 0.793. The minimum Gasteiger partial charge on any atom is -0.391 e. The number of benzene rings is 1. The Labute approximate surface area is 115 Å². The Morgan fingerprint density at radius 2 is 2.29 bits per heavy atom. The van der Waals surface area contributed by atoms with Crippen molar-refractivity contribution < 1.29 is 9.90 Å². The number of aliphatic hydroxyl groups is 1. The number of β-amino-alcohol motifs (C(OH)–C–C–N with tert-alkyl or cyclic N) is 1. The van der Waals surface area contributed by atoms with Crippen molar-refractivity contribution in [1.82, 2.24) is 4.90 Å². The lowest BCUT2D eigenvalue weighted by molar-refractivity contribution is 0.0473. The van der Waals surface area contributed by atoms with Gasteiger partial charge in [0.15, 0.2) is 0 Å². The molecule has 1 unspecified atom stereocenters. The van der Waals surface area contributed by atoms with Gasteiger partial charge in [-0.05, 0) is 66.1 Å². The molecular weight excluding hydrogens is 329 g/mol. The molecule has 1 aromatic rings. The number of likely N-dealkylation sites (tertiary alicyclic amines) is 1. The molecule has 0 aliphatic carbocycles. The smallest absolute Gasteiger partial charge is 0.253 e. The Kier molecular flexibility index (Phi) is 4.04. The average Bonchev–Trinajstić information content (AvgIpc) is 2.32. The van der Waals surface area contributed by atoms with Gasteiger partial charge in [-0.3, -0.25) is 4.79 Å². The minimum absolute atomic E-state index is 0.0308. The highest BCUT2D eigenvalue weighted by molar-refractivity contribution is 14.1. The van der Waals surface area contributed by atoms with Crippen LogP contribution in [0.1, 0.15) is 28.8 Å². The van der Waals surface area contributed by atoms with Gasteiger partial charge in [-0.2, -0.15) is 0 Å². The van der Waals surface area contributed by atoms with Crippen LogP contribution in [0.3, 0.4) is 0 Å². The average molecular weight is 345 g/mol. The van der Waals surface area contributed by atoms with Gasteiger partial charge in [-0.1, -0.05) is 0 Å². The molecule has 2 rings (SSSR count). The number of rotatable bonds is 1. The number of piperidine rings is 1. The summed E-state index contributed by atoms with van der Waals surface area (Å²) in [5.41, 5.74) is 1.84. The van der Waals surface area contributed by atoms with Crippen LogP contribution in [0.15, 0.2) is 18.2 Å². The van der Waals surface area contributed by atoms with Crippen molar-refractivity contribution in [3.8, 4) is 0 Å². The molecule has 0 radical (unpaired) electrons. The Hall–Kier alpha value is -0.620. The molecule has 0 saturated carbocycles. The molecule has 1 aromatic carbocycles. The van der Waals surface area contributed by atoms with Crippen LogP contribution in [0.5, 0.6) is 0 Å². The lowest BCUT2D eigenvalue weighted by atomic mass is 10.1. The van der Waals surface area contributed by atoms with Crippen LogP contribution in [-0.2, 0) is 0 Å². The van der Waals surface area contributed by atoms with Crippen LogP contribution in [-0.4, -0.2) is 35.1 Å². The fraction of sp³-hybridized carbons (Fsp3) is 0.462. The van der Waals surface area contributed by atoms with E-state index in [1.165, 1.54) is 0 Å².